The van der Waals surface area contributed by atoms with Crippen molar-refractivity contribution in [1.29, 1.82) is 0 Å². The molecule has 0 spiro atoms. The summed E-state index contributed by atoms with van der Waals surface area (Å²) >= 11 is 0. The van der Waals surface area contributed by atoms with Gasteiger partial charge in [-0.2, -0.15) is 0 Å². The van der Waals surface area contributed by atoms with Crippen LogP contribution in [0.15, 0.2) is 24.3 Å². The van der Waals surface area contributed by atoms with Crippen LogP contribution in [0.5, 0.6) is 0 Å². The Hall–Kier alpha value is -0.860. The second kappa shape index (κ2) is 6.73. The van der Waals surface area contributed by atoms with Crippen LogP contribution in [0, 0.1) is 5.41 Å². The molecule has 0 aromatic heterocycles. The molecule has 1 heterocycles. The molecule has 0 fully saturated rings. The monoisotopic (exact) mass is 274 g/mol. The van der Waals surface area contributed by atoms with E-state index in [0.29, 0.717) is 11.5 Å². The van der Waals surface area contributed by atoms with Crippen LogP contribution < -0.4 is 5.32 Å². The van der Waals surface area contributed by atoms with Crippen LogP contribution in [-0.4, -0.2) is 30.6 Å². The molecule has 0 radical (unpaired) electrons. The predicted octanol–water partition coefficient (Wildman–Crippen LogP) is 3.46. The number of benzene rings is 1. The normalized spacial score (nSPS) is 18.4. The Bertz CT molecular complexity index is 420. The molecule has 1 N–H and O–H groups in total. The fourth-order valence-electron chi connectivity index (χ4n) is 3.07. The summed E-state index contributed by atoms with van der Waals surface area (Å²) in [4.78, 5) is 2.63. The van der Waals surface area contributed by atoms with Gasteiger partial charge in [0.2, 0.25) is 0 Å². The first-order valence-electron chi connectivity index (χ1n) is 8.03. The molecule has 1 aliphatic heterocycles. The van der Waals surface area contributed by atoms with Crippen LogP contribution >= 0.6 is 0 Å². The van der Waals surface area contributed by atoms with E-state index in [4.69, 9.17) is 0 Å². The van der Waals surface area contributed by atoms with Crippen LogP contribution in [0.25, 0.3) is 0 Å². The molecule has 0 aliphatic carbocycles. The summed E-state index contributed by atoms with van der Waals surface area (Å²) in [6.45, 7) is 13.7. The lowest BCUT2D eigenvalue weighted by atomic mass is 9.86. The molecular weight excluding hydrogens is 244 g/mol. The molecule has 2 rings (SSSR count). The topological polar surface area (TPSA) is 15.3 Å². The van der Waals surface area contributed by atoms with Gasteiger partial charge in [0.05, 0.1) is 0 Å². The average Bonchev–Trinajstić information content (AvgIpc) is 2.58. The van der Waals surface area contributed by atoms with Gasteiger partial charge in [-0.1, -0.05) is 52.0 Å². The molecule has 0 bridgehead atoms. The van der Waals surface area contributed by atoms with Crippen molar-refractivity contribution >= 4 is 0 Å². The zero-order valence-corrected chi connectivity index (χ0v) is 13.6. The Balaban J connectivity index is 2.06. The first-order chi connectivity index (χ1) is 9.50. The van der Waals surface area contributed by atoms with Gasteiger partial charge in [-0.05, 0) is 42.5 Å². The fourth-order valence-corrected chi connectivity index (χ4v) is 3.07. The zero-order chi connectivity index (χ0) is 14.6. The first-order valence-corrected chi connectivity index (χ1v) is 8.03. The van der Waals surface area contributed by atoms with E-state index in [1.807, 2.05) is 0 Å². The van der Waals surface area contributed by atoms with Crippen LogP contribution in [-0.2, 0) is 13.0 Å². The smallest absolute Gasteiger partial charge is 0.0243 e. The maximum absolute atomic E-state index is 3.67. The van der Waals surface area contributed by atoms with Gasteiger partial charge in [-0.15, -0.1) is 0 Å². The van der Waals surface area contributed by atoms with Crippen molar-refractivity contribution in [2.75, 3.05) is 19.6 Å². The van der Waals surface area contributed by atoms with Crippen molar-refractivity contribution in [2.45, 2.75) is 53.1 Å². The summed E-state index contributed by atoms with van der Waals surface area (Å²) in [5.41, 5.74) is 3.38. The zero-order valence-electron chi connectivity index (χ0n) is 13.6. The van der Waals surface area contributed by atoms with E-state index in [0.717, 1.165) is 19.6 Å². The SMILES string of the molecule is CCNC(CN1CCCc2ccccc2C1)C(C)(C)C. The fraction of sp³-hybridized carbons (Fsp3) is 0.667. The Kier molecular flexibility index (Phi) is 5.22. The summed E-state index contributed by atoms with van der Waals surface area (Å²) in [5.74, 6) is 0. The highest BCUT2D eigenvalue weighted by molar-refractivity contribution is 5.28. The average molecular weight is 274 g/mol. The summed E-state index contributed by atoms with van der Waals surface area (Å²) < 4.78 is 0. The van der Waals surface area contributed by atoms with Crippen LogP contribution in [0.2, 0.25) is 0 Å². The number of hydrogen-bond donors (Lipinski definition) is 1. The lowest BCUT2D eigenvalue weighted by molar-refractivity contribution is 0.170. The molecule has 112 valence electrons. The largest absolute Gasteiger partial charge is 0.312 e. The predicted molar refractivity (Wildman–Crippen MR) is 87.0 cm³/mol. The summed E-state index contributed by atoms with van der Waals surface area (Å²) in [6.07, 6.45) is 2.51. The molecule has 1 aromatic rings. The van der Waals surface area contributed by atoms with Crippen molar-refractivity contribution in [3.63, 3.8) is 0 Å². The highest BCUT2D eigenvalue weighted by Gasteiger charge is 2.26. The van der Waals surface area contributed by atoms with Crippen molar-refractivity contribution in [3.05, 3.63) is 35.4 Å². The summed E-state index contributed by atoms with van der Waals surface area (Å²) in [6, 6.07) is 9.49. The Labute approximate surface area is 124 Å². The van der Waals surface area contributed by atoms with E-state index in [-0.39, 0.29) is 0 Å². The minimum Gasteiger partial charge on any atom is -0.312 e. The van der Waals surface area contributed by atoms with Crippen molar-refractivity contribution < 1.29 is 0 Å². The maximum atomic E-state index is 3.67. The van der Waals surface area contributed by atoms with Crippen LogP contribution in [0.4, 0.5) is 0 Å². The summed E-state index contributed by atoms with van der Waals surface area (Å²) in [7, 11) is 0. The number of fused-ring (bicyclic) bond motifs is 1. The molecule has 20 heavy (non-hydrogen) atoms. The molecule has 2 nitrogen and oxygen atoms in total. The van der Waals surface area contributed by atoms with Gasteiger partial charge in [0.25, 0.3) is 0 Å². The quantitative estimate of drug-likeness (QED) is 0.904. The standard InChI is InChI=1S/C18H30N2/c1-5-19-17(18(2,3)4)14-20-12-8-11-15-9-6-7-10-16(15)13-20/h6-7,9-10,17,19H,5,8,11-14H2,1-4H3. The highest BCUT2D eigenvalue weighted by atomic mass is 15.2. The second-order valence-electron chi connectivity index (χ2n) is 7.08. The van der Waals surface area contributed by atoms with Gasteiger partial charge >= 0.3 is 0 Å². The van der Waals surface area contributed by atoms with E-state index in [9.17, 15) is 0 Å². The number of aryl methyl sites for hydroxylation is 1. The summed E-state index contributed by atoms with van der Waals surface area (Å²) in [5, 5.41) is 3.67. The third kappa shape index (κ3) is 4.07. The van der Waals surface area contributed by atoms with Gasteiger partial charge in [0.1, 0.15) is 0 Å². The number of rotatable bonds is 4. The van der Waals surface area contributed by atoms with Crippen LogP contribution in [0.3, 0.4) is 0 Å². The minimum absolute atomic E-state index is 0.307. The molecule has 1 unspecified atom stereocenters. The maximum Gasteiger partial charge on any atom is 0.0243 e. The van der Waals surface area contributed by atoms with E-state index in [2.05, 4.69) is 62.2 Å². The molecule has 2 heteroatoms. The molecule has 0 saturated heterocycles. The van der Waals surface area contributed by atoms with Crippen molar-refractivity contribution in [1.82, 2.24) is 10.2 Å². The van der Waals surface area contributed by atoms with E-state index < -0.39 is 0 Å². The lowest BCUT2D eigenvalue weighted by Crippen LogP contribution is -2.48. The van der Waals surface area contributed by atoms with E-state index in [1.165, 1.54) is 24.9 Å². The van der Waals surface area contributed by atoms with E-state index in [1.54, 1.807) is 5.56 Å². The van der Waals surface area contributed by atoms with E-state index >= 15 is 0 Å². The molecule has 1 aliphatic rings. The number of hydrogen-bond acceptors (Lipinski definition) is 2. The first kappa shape index (κ1) is 15.5. The molecule has 0 amide bonds. The Morgan fingerprint density at radius 3 is 2.55 bits per heavy atom. The third-order valence-electron chi connectivity index (χ3n) is 4.37. The number of nitrogens with one attached hydrogen (secondary N) is 1. The van der Waals surface area contributed by atoms with Gasteiger partial charge in [0, 0.05) is 19.1 Å². The van der Waals surface area contributed by atoms with Crippen molar-refractivity contribution in [2.24, 2.45) is 5.41 Å². The van der Waals surface area contributed by atoms with Gasteiger partial charge in [0.15, 0.2) is 0 Å². The van der Waals surface area contributed by atoms with Crippen molar-refractivity contribution in [3.8, 4) is 0 Å². The van der Waals surface area contributed by atoms with Gasteiger partial charge in [-0.25, -0.2) is 0 Å². The van der Waals surface area contributed by atoms with Gasteiger partial charge < -0.3 is 5.32 Å². The molecular formula is C18H30N2. The Morgan fingerprint density at radius 1 is 1.20 bits per heavy atom. The Morgan fingerprint density at radius 2 is 1.90 bits per heavy atom. The molecule has 0 saturated carbocycles. The lowest BCUT2D eigenvalue weighted by Gasteiger charge is -2.35. The number of nitrogens with zero attached hydrogens (tertiary/aromatic N) is 1. The number of likely N-dealkylation sites (N-methyl/N-ethyl adjacent to an activating group) is 1. The minimum atomic E-state index is 0.307. The second-order valence-corrected chi connectivity index (χ2v) is 7.08. The molecule has 1 aromatic carbocycles. The van der Waals surface area contributed by atoms with Crippen LogP contribution in [0.1, 0.15) is 45.2 Å². The van der Waals surface area contributed by atoms with Gasteiger partial charge in [-0.3, -0.25) is 4.90 Å². The highest BCUT2D eigenvalue weighted by Crippen LogP contribution is 2.23. The molecule has 1 atom stereocenters. The third-order valence-corrected chi connectivity index (χ3v) is 4.37.